The lowest BCUT2D eigenvalue weighted by Gasteiger charge is -2.38. The second-order valence-electron chi connectivity index (χ2n) is 7.14. The minimum atomic E-state index is -1.53. The Morgan fingerprint density at radius 2 is 1.67 bits per heavy atom. The Kier molecular flexibility index (Phi) is 5.12. The van der Waals surface area contributed by atoms with Crippen LogP contribution in [0.2, 0.25) is 0 Å². The molecule has 4 rings (SSSR count). The fourth-order valence-electron chi connectivity index (χ4n) is 3.36. The van der Waals surface area contributed by atoms with Crippen LogP contribution in [0.4, 0.5) is 0 Å². The maximum absolute atomic E-state index is 12.9. The first-order valence-corrected chi connectivity index (χ1v) is 9.20. The van der Waals surface area contributed by atoms with Crippen LogP contribution >= 0.6 is 0 Å². The maximum Gasteiger partial charge on any atom is 0.229 e. The van der Waals surface area contributed by atoms with Gasteiger partial charge in [-0.05, 0) is 24.6 Å². The number of aliphatic hydroxyl groups excluding tert-OH is 3. The van der Waals surface area contributed by atoms with E-state index in [0.717, 1.165) is 6.07 Å². The van der Waals surface area contributed by atoms with Crippen molar-refractivity contribution in [1.82, 2.24) is 0 Å². The van der Waals surface area contributed by atoms with E-state index < -0.39 is 41.9 Å². The van der Waals surface area contributed by atoms with Crippen molar-refractivity contribution >= 4 is 11.0 Å². The van der Waals surface area contributed by atoms with E-state index in [2.05, 4.69) is 0 Å². The number of benzene rings is 2. The minimum Gasteiger partial charge on any atom is -0.508 e. The van der Waals surface area contributed by atoms with Gasteiger partial charge in [-0.25, -0.2) is 0 Å². The predicted molar refractivity (Wildman–Crippen MR) is 104 cm³/mol. The molecule has 2 aromatic carbocycles. The van der Waals surface area contributed by atoms with Crippen molar-refractivity contribution in [2.75, 3.05) is 0 Å². The number of ether oxygens (including phenoxy) is 2. The summed E-state index contributed by atoms with van der Waals surface area (Å²) >= 11 is 0. The van der Waals surface area contributed by atoms with Gasteiger partial charge in [-0.2, -0.15) is 0 Å². The van der Waals surface area contributed by atoms with Gasteiger partial charge in [-0.3, -0.25) is 4.79 Å². The van der Waals surface area contributed by atoms with E-state index in [0.29, 0.717) is 5.56 Å². The SMILES string of the molecule is C[C@H]1O[C@@H](Oc2cc(O)c3c(=O)c(-c4ccc(O)cc4)coc3c2)[C@H](O)[C@H](O)[C@H]1O. The second kappa shape index (κ2) is 7.62. The van der Waals surface area contributed by atoms with Gasteiger partial charge in [0, 0.05) is 12.1 Å². The molecule has 3 aromatic rings. The van der Waals surface area contributed by atoms with Crippen molar-refractivity contribution < 1.29 is 39.4 Å². The summed E-state index contributed by atoms with van der Waals surface area (Å²) in [4.78, 5) is 12.9. The van der Waals surface area contributed by atoms with Crippen molar-refractivity contribution in [3.8, 4) is 28.4 Å². The molecule has 1 aliphatic heterocycles. The van der Waals surface area contributed by atoms with Crippen molar-refractivity contribution in [2.45, 2.75) is 37.6 Å². The zero-order valence-electron chi connectivity index (χ0n) is 15.8. The van der Waals surface area contributed by atoms with E-state index in [4.69, 9.17) is 13.9 Å². The van der Waals surface area contributed by atoms with Crippen LogP contribution in [-0.4, -0.2) is 56.2 Å². The highest BCUT2D eigenvalue weighted by Gasteiger charge is 2.43. The number of hydrogen-bond acceptors (Lipinski definition) is 9. The van der Waals surface area contributed by atoms with Gasteiger partial charge in [0.25, 0.3) is 0 Å². The number of aromatic hydroxyl groups is 2. The Hall–Kier alpha value is -3.11. The molecule has 0 spiro atoms. The molecule has 0 aliphatic carbocycles. The Morgan fingerprint density at radius 1 is 0.967 bits per heavy atom. The van der Waals surface area contributed by atoms with Gasteiger partial charge in [0.05, 0.1) is 11.7 Å². The van der Waals surface area contributed by atoms with Crippen LogP contribution in [0.15, 0.2) is 51.9 Å². The number of hydrogen-bond donors (Lipinski definition) is 5. The van der Waals surface area contributed by atoms with E-state index >= 15 is 0 Å². The van der Waals surface area contributed by atoms with Crippen LogP contribution in [0.3, 0.4) is 0 Å². The fourth-order valence-corrected chi connectivity index (χ4v) is 3.36. The fraction of sp³-hybridized carbons (Fsp3) is 0.286. The molecule has 1 aliphatic rings. The molecule has 158 valence electrons. The van der Waals surface area contributed by atoms with E-state index in [-0.39, 0.29) is 28.0 Å². The summed E-state index contributed by atoms with van der Waals surface area (Å²) in [7, 11) is 0. The van der Waals surface area contributed by atoms with Gasteiger partial charge in [0.15, 0.2) is 0 Å². The van der Waals surface area contributed by atoms with Gasteiger partial charge in [0.2, 0.25) is 11.7 Å². The first-order chi connectivity index (χ1) is 14.3. The summed E-state index contributed by atoms with van der Waals surface area (Å²) in [5.74, 6) is -0.330. The summed E-state index contributed by atoms with van der Waals surface area (Å²) in [6, 6.07) is 8.46. The zero-order chi connectivity index (χ0) is 21.6. The molecule has 9 nitrogen and oxygen atoms in total. The minimum absolute atomic E-state index is 0.0281. The molecule has 1 saturated heterocycles. The smallest absolute Gasteiger partial charge is 0.229 e. The van der Waals surface area contributed by atoms with Crippen LogP contribution in [-0.2, 0) is 4.74 Å². The summed E-state index contributed by atoms with van der Waals surface area (Å²) in [6.45, 7) is 1.51. The first-order valence-electron chi connectivity index (χ1n) is 9.20. The molecule has 9 heteroatoms. The summed E-state index contributed by atoms with van der Waals surface area (Å²) in [5, 5.41) is 49.5. The highest BCUT2D eigenvalue weighted by molar-refractivity contribution is 5.88. The van der Waals surface area contributed by atoms with Gasteiger partial charge in [0.1, 0.15) is 52.8 Å². The van der Waals surface area contributed by atoms with Gasteiger partial charge in [-0.15, -0.1) is 0 Å². The molecule has 5 N–H and O–H groups in total. The molecule has 0 unspecified atom stereocenters. The van der Waals surface area contributed by atoms with Gasteiger partial charge < -0.3 is 39.4 Å². The lowest BCUT2D eigenvalue weighted by molar-refractivity contribution is -0.268. The quantitative estimate of drug-likeness (QED) is 0.423. The Bertz CT molecular complexity index is 1120. The monoisotopic (exact) mass is 416 g/mol. The maximum atomic E-state index is 12.9. The Morgan fingerprint density at radius 3 is 2.37 bits per heavy atom. The van der Waals surface area contributed by atoms with E-state index in [1.165, 1.54) is 31.4 Å². The molecular weight excluding hydrogens is 396 g/mol. The van der Waals surface area contributed by atoms with Crippen LogP contribution < -0.4 is 10.2 Å². The van der Waals surface area contributed by atoms with Crippen molar-refractivity contribution in [2.24, 2.45) is 0 Å². The number of phenolic OH excluding ortho intramolecular Hbond substituents is 2. The topological polar surface area (TPSA) is 150 Å². The van der Waals surface area contributed by atoms with Crippen molar-refractivity contribution in [3.63, 3.8) is 0 Å². The highest BCUT2D eigenvalue weighted by Crippen LogP contribution is 2.32. The second-order valence-corrected chi connectivity index (χ2v) is 7.14. The van der Waals surface area contributed by atoms with Gasteiger partial charge >= 0.3 is 0 Å². The van der Waals surface area contributed by atoms with Crippen molar-refractivity contribution in [1.29, 1.82) is 0 Å². The summed E-state index contributed by atoms with van der Waals surface area (Å²) < 4.78 is 16.4. The lowest BCUT2D eigenvalue weighted by Crippen LogP contribution is -2.58. The molecule has 0 radical (unpaired) electrons. The van der Waals surface area contributed by atoms with E-state index in [9.17, 15) is 30.3 Å². The van der Waals surface area contributed by atoms with Crippen LogP contribution in [0.25, 0.3) is 22.1 Å². The molecule has 2 heterocycles. The molecule has 30 heavy (non-hydrogen) atoms. The standard InChI is InChI=1S/C21H20O9/c1-9-17(24)19(26)20(27)21(29-9)30-12-6-14(23)16-15(7-12)28-8-13(18(16)25)10-2-4-11(22)5-3-10/h2-9,17,19-24,26-27H,1H3/t9-,17+,19-,20-,21+/m1/s1. The number of aliphatic hydroxyl groups is 3. The first kappa shape index (κ1) is 20.2. The normalized spacial score (nSPS) is 26.6. The number of fused-ring (bicyclic) bond motifs is 1. The van der Waals surface area contributed by atoms with Crippen LogP contribution in [0.5, 0.6) is 17.2 Å². The molecule has 0 amide bonds. The zero-order valence-corrected chi connectivity index (χ0v) is 15.8. The molecule has 1 fully saturated rings. The van der Waals surface area contributed by atoms with Crippen LogP contribution in [0, 0.1) is 0 Å². The predicted octanol–water partition coefficient (Wildman–Crippen LogP) is 1.08. The van der Waals surface area contributed by atoms with Gasteiger partial charge in [-0.1, -0.05) is 12.1 Å². The highest BCUT2D eigenvalue weighted by atomic mass is 16.7. The largest absolute Gasteiger partial charge is 0.508 e. The molecule has 5 atom stereocenters. The van der Waals surface area contributed by atoms with E-state index in [1.54, 1.807) is 12.1 Å². The molecular formula is C21H20O9. The number of rotatable bonds is 3. The lowest BCUT2D eigenvalue weighted by atomic mass is 10.00. The van der Waals surface area contributed by atoms with Crippen molar-refractivity contribution in [3.05, 3.63) is 52.9 Å². The average Bonchev–Trinajstić information content (AvgIpc) is 2.71. The summed E-state index contributed by atoms with van der Waals surface area (Å²) in [6.07, 6.45) is -5.15. The Balaban J connectivity index is 1.69. The third-order valence-corrected chi connectivity index (χ3v) is 5.07. The molecule has 0 bridgehead atoms. The van der Waals surface area contributed by atoms with E-state index in [1.807, 2.05) is 0 Å². The third-order valence-electron chi connectivity index (χ3n) is 5.07. The number of phenols is 2. The molecule has 1 aromatic heterocycles. The van der Waals surface area contributed by atoms with Crippen LogP contribution in [0.1, 0.15) is 6.92 Å². The third kappa shape index (κ3) is 3.48. The molecule has 0 saturated carbocycles. The Labute approximate surface area is 170 Å². The summed E-state index contributed by atoms with van der Waals surface area (Å²) in [5.41, 5.74) is 0.260. The average molecular weight is 416 g/mol.